The summed E-state index contributed by atoms with van der Waals surface area (Å²) < 4.78 is 0.997. The van der Waals surface area contributed by atoms with Gasteiger partial charge in [-0.15, -0.1) is 0 Å². The molecule has 4 heteroatoms. The van der Waals surface area contributed by atoms with E-state index >= 15 is 0 Å². The second kappa shape index (κ2) is 4.00. The highest BCUT2D eigenvalue weighted by atomic mass is 127. The molecule has 0 radical (unpaired) electrons. The van der Waals surface area contributed by atoms with Gasteiger partial charge in [0.25, 0.3) is 5.91 Å². The highest BCUT2D eigenvalue weighted by molar-refractivity contribution is 14.1. The zero-order chi connectivity index (χ0) is 11.9. The van der Waals surface area contributed by atoms with Gasteiger partial charge in [-0.1, -0.05) is 12.1 Å². The van der Waals surface area contributed by atoms with Gasteiger partial charge in [-0.25, -0.2) is 0 Å². The van der Waals surface area contributed by atoms with E-state index in [9.17, 15) is 9.90 Å². The van der Waals surface area contributed by atoms with E-state index in [1.165, 1.54) is 0 Å². The van der Waals surface area contributed by atoms with Crippen LogP contribution >= 0.6 is 22.6 Å². The molecule has 16 heavy (non-hydrogen) atoms. The monoisotopic (exact) mass is 331 g/mol. The van der Waals surface area contributed by atoms with Crippen LogP contribution in [0.15, 0.2) is 18.2 Å². The lowest BCUT2D eigenvalue weighted by Gasteiger charge is -2.44. The molecule has 1 amide bonds. The molecule has 0 spiro atoms. The Hall–Kier alpha value is -0.620. The summed E-state index contributed by atoms with van der Waals surface area (Å²) in [6.45, 7) is 4.59. The van der Waals surface area contributed by atoms with Crippen LogP contribution in [0.4, 0.5) is 0 Å². The number of likely N-dealkylation sites (tertiary alicyclic amines) is 1. The summed E-state index contributed by atoms with van der Waals surface area (Å²) in [4.78, 5) is 13.8. The molecular weight excluding hydrogens is 317 g/mol. The predicted octanol–water partition coefficient (Wildman–Crippen LogP) is 1.81. The molecule has 0 atom stereocenters. The number of rotatable bonds is 1. The van der Waals surface area contributed by atoms with E-state index in [4.69, 9.17) is 0 Å². The molecule has 2 rings (SSSR count). The Kier molecular flexibility index (Phi) is 2.96. The molecule has 0 aliphatic carbocycles. The minimum Gasteiger partial charge on any atom is -0.386 e. The number of aryl methyl sites for hydroxylation is 1. The third kappa shape index (κ3) is 2.08. The topological polar surface area (TPSA) is 40.5 Å². The molecule has 0 aromatic heterocycles. The average Bonchev–Trinajstić information content (AvgIpc) is 2.17. The van der Waals surface area contributed by atoms with Gasteiger partial charge in [0.15, 0.2) is 0 Å². The van der Waals surface area contributed by atoms with Gasteiger partial charge in [0.2, 0.25) is 0 Å². The van der Waals surface area contributed by atoms with Crippen LogP contribution in [0.5, 0.6) is 0 Å². The molecule has 1 aromatic rings. The fourth-order valence-corrected chi connectivity index (χ4v) is 2.49. The van der Waals surface area contributed by atoms with Crippen molar-refractivity contribution in [1.82, 2.24) is 4.90 Å². The van der Waals surface area contributed by atoms with Crippen molar-refractivity contribution < 1.29 is 9.90 Å². The highest BCUT2D eigenvalue weighted by Gasteiger charge is 2.40. The number of carbonyl (C=O) groups excluding carboxylic acids is 1. The first-order chi connectivity index (χ1) is 7.41. The molecule has 1 aromatic carbocycles. The zero-order valence-corrected chi connectivity index (χ0v) is 11.5. The van der Waals surface area contributed by atoms with E-state index in [0.717, 1.165) is 14.7 Å². The quantitative estimate of drug-likeness (QED) is 0.798. The lowest BCUT2D eigenvalue weighted by molar-refractivity contribution is -0.0669. The first-order valence-corrected chi connectivity index (χ1v) is 6.25. The summed E-state index contributed by atoms with van der Waals surface area (Å²) in [7, 11) is 0. The third-order valence-corrected chi connectivity index (χ3v) is 4.20. The van der Waals surface area contributed by atoms with Gasteiger partial charge in [-0.2, -0.15) is 0 Å². The Labute approximate surface area is 109 Å². The molecular formula is C12H14INO2. The summed E-state index contributed by atoms with van der Waals surface area (Å²) in [6, 6.07) is 5.72. The molecule has 0 bridgehead atoms. The van der Waals surface area contributed by atoms with E-state index < -0.39 is 5.60 Å². The van der Waals surface area contributed by atoms with Crippen molar-refractivity contribution >= 4 is 28.5 Å². The van der Waals surface area contributed by atoms with Crippen LogP contribution in [0.3, 0.4) is 0 Å². The molecule has 86 valence electrons. The predicted molar refractivity (Wildman–Crippen MR) is 70.4 cm³/mol. The molecule has 1 heterocycles. The number of hydrogen-bond acceptors (Lipinski definition) is 2. The number of nitrogens with zero attached hydrogens (tertiary/aromatic N) is 1. The lowest BCUT2D eigenvalue weighted by Crippen LogP contribution is -2.61. The van der Waals surface area contributed by atoms with Crippen LogP contribution < -0.4 is 0 Å². The smallest absolute Gasteiger partial charge is 0.255 e. The first kappa shape index (κ1) is 11.9. The molecule has 1 fully saturated rings. The van der Waals surface area contributed by atoms with Crippen LogP contribution in [-0.2, 0) is 0 Å². The van der Waals surface area contributed by atoms with Gasteiger partial charge < -0.3 is 10.0 Å². The van der Waals surface area contributed by atoms with E-state index in [2.05, 4.69) is 22.6 Å². The van der Waals surface area contributed by atoms with Gasteiger partial charge in [-0.3, -0.25) is 4.79 Å². The summed E-state index contributed by atoms with van der Waals surface area (Å²) in [5.74, 6) is 0.0135. The average molecular weight is 331 g/mol. The van der Waals surface area contributed by atoms with Crippen molar-refractivity contribution in [3.05, 3.63) is 32.9 Å². The van der Waals surface area contributed by atoms with Crippen molar-refractivity contribution in [3.63, 3.8) is 0 Å². The molecule has 1 aliphatic heterocycles. The van der Waals surface area contributed by atoms with E-state index in [0.29, 0.717) is 13.1 Å². The number of hydrogen-bond donors (Lipinski definition) is 1. The van der Waals surface area contributed by atoms with Gasteiger partial charge in [-0.05, 0) is 48.1 Å². The Morgan fingerprint density at radius 1 is 1.50 bits per heavy atom. The summed E-state index contributed by atoms with van der Waals surface area (Å²) in [6.07, 6.45) is 0. The van der Waals surface area contributed by atoms with Crippen molar-refractivity contribution in [2.24, 2.45) is 0 Å². The fourth-order valence-electron chi connectivity index (χ4n) is 1.90. The summed E-state index contributed by atoms with van der Waals surface area (Å²) in [5, 5.41) is 9.61. The van der Waals surface area contributed by atoms with Crippen molar-refractivity contribution in [3.8, 4) is 0 Å². The third-order valence-electron chi connectivity index (χ3n) is 2.77. The number of amides is 1. The zero-order valence-electron chi connectivity index (χ0n) is 9.33. The van der Waals surface area contributed by atoms with Crippen LogP contribution in [0.25, 0.3) is 0 Å². The van der Waals surface area contributed by atoms with Crippen molar-refractivity contribution in [2.75, 3.05) is 13.1 Å². The van der Waals surface area contributed by atoms with Gasteiger partial charge >= 0.3 is 0 Å². The van der Waals surface area contributed by atoms with E-state index in [1.54, 1.807) is 11.8 Å². The number of β-amino-alcohol motifs (C(OH)–C–C–N with tert-alkyl or cyclic N) is 1. The minimum atomic E-state index is -0.703. The Morgan fingerprint density at radius 2 is 2.12 bits per heavy atom. The number of benzene rings is 1. The largest absolute Gasteiger partial charge is 0.386 e. The Morgan fingerprint density at radius 3 is 2.69 bits per heavy atom. The Bertz CT molecular complexity index is 435. The number of halogens is 1. The molecule has 3 nitrogen and oxygen atoms in total. The number of carbonyl (C=O) groups is 1. The molecule has 0 saturated carbocycles. The van der Waals surface area contributed by atoms with Gasteiger partial charge in [0.05, 0.1) is 24.3 Å². The van der Waals surface area contributed by atoms with Gasteiger partial charge in [0.1, 0.15) is 0 Å². The van der Waals surface area contributed by atoms with Gasteiger partial charge in [0, 0.05) is 3.57 Å². The second-order valence-corrected chi connectivity index (χ2v) is 5.67. The molecule has 1 saturated heterocycles. The van der Waals surface area contributed by atoms with Crippen LogP contribution in [-0.4, -0.2) is 34.6 Å². The Balaban J connectivity index is 2.20. The minimum absolute atomic E-state index is 0.0135. The summed E-state index contributed by atoms with van der Waals surface area (Å²) >= 11 is 2.19. The molecule has 0 unspecified atom stereocenters. The van der Waals surface area contributed by atoms with Crippen molar-refractivity contribution in [2.45, 2.75) is 19.4 Å². The maximum Gasteiger partial charge on any atom is 0.255 e. The number of aliphatic hydroxyl groups is 1. The molecule has 1 aliphatic rings. The van der Waals surface area contributed by atoms with Crippen molar-refractivity contribution in [1.29, 1.82) is 0 Å². The van der Waals surface area contributed by atoms with E-state index in [1.807, 2.05) is 25.1 Å². The normalized spacial score (nSPS) is 18.1. The van der Waals surface area contributed by atoms with Crippen LogP contribution in [0.1, 0.15) is 22.8 Å². The maximum atomic E-state index is 12.1. The summed E-state index contributed by atoms with van der Waals surface area (Å²) in [5.41, 5.74) is 1.14. The molecule has 1 N–H and O–H groups in total. The van der Waals surface area contributed by atoms with Crippen LogP contribution in [0, 0.1) is 10.5 Å². The standard InChI is InChI=1S/C12H14INO2/c1-8-4-3-5-9(10(8)13)11(15)14-6-12(2,16)7-14/h3-5,16H,6-7H2,1-2H3. The second-order valence-electron chi connectivity index (χ2n) is 4.59. The van der Waals surface area contributed by atoms with Crippen LogP contribution in [0.2, 0.25) is 0 Å². The fraction of sp³-hybridized carbons (Fsp3) is 0.417. The SMILES string of the molecule is Cc1cccc(C(=O)N2CC(C)(O)C2)c1I. The maximum absolute atomic E-state index is 12.1. The van der Waals surface area contributed by atoms with E-state index in [-0.39, 0.29) is 5.91 Å². The highest BCUT2D eigenvalue weighted by Crippen LogP contribution is 2.25. The lowest BCUT2D eigenvalue weighted by atomic mass is 9.95. The first-order valence-electron chi connectivity index (χ1n) is 5.17.